The Morgan fingerprint density at radius 1 is 1.43 bits per heavy atom. The van der Waals surface area contributed by atoms with Crippen LogP contribution in [-0.4, -0.2) is 34.6 Å². The van der Waals surface area contributed by atoms with E-state index in [-0.39, 0.29) is 5.41 Å². The van der Waals surface area contributed by atoms with Crippen LogP contribution in [0.15, 0.2) is 12.4 Å². The van der Waals surface area contributed by atoms with Crippen LogP contribution in [0, 0.1) is 0 Å². The Labute approximate surface area is 127 Å². The molecule has 0 aliphatic carbocycles. The minimum Gasteiger partial charge on any atom is -0.444 e. The third-order valence-corrected chi connectivity index (χ3v) is 3.30. The highest BCUT2D eigenvalue weighted by Crippen LogP contribution is 2.22. The van der Waals surface area contributed by atoms with Crippen LogP contribution in [0.2, 0.25) is 0 Å². The van der Waals surface area contributed by atoms with Crippen LogP contribution < -0.4 is 11.1 Å². The number of aromatic nitrogens is 2. The van der Waals surface area contributed by atoms with Crippen LogP contribution in [-0.2, 0) is 10.2 Å². The SMILES string of the molecule is CC(C)n1cc(C(C)(CN)CNC(=O)OC(C)(C)C)cn1. The van der Waals surface area contributed by atoms with E-state index in [2.05, 4.69) is 24.3 Å². The molecule has 6 heteroatoms. The van der Waals surface area contributed by atoms with Gasteiger partial charge in [0.1, 0.15) is 5.60 Å². The first-order valence-electron chi connectivity index (χ1n) is 7.29. The second-order valence-electron chi connectivity index (χ2n) is 6.92. The van der Waals surface area contributed by atoms with E-state index in [1.54, 1.807) is 0 Å². The van der Waals surface area contributed by atoms with E-state index in [4.69, 9.17) is 10.5 Å². The van der Waals surface area contributed by atoms with Gasteiger partial charge in [-0.2, -0.15) is 5.10 Å². The number of hydrogen-bond acceptors (Lipinski definition) is 4. The van der Waals surface area contributed by atoms with Gasteiger partial charge in [-0.05, 0) is 40.2 Å². The van der Waals surface area contributed by atoms with Gasteiger partial charge >= 0.3 is 6.09 Å². The Morgan fingerprint density at radius 2 is 2.05 bits per heavy atom. The van der Waals surface area contributed by atoms with Gasteiger partial charge in [-0.15, -0.1) is 0 Å². The number of carbonyl (C=O) groups excluding carboxylic acids is 1. The van der Waals surface area contributed by atoms with Crippen molar-refractivity contribution in [2.24, 2.45) is 5.73 Å². The largest absolute Gasteiger partial charge is 0.444 e. The van der Waals surface area contributed by atoms with Crippen molar-refractivity contribution in [1.82, 2.24) is 15.1 Å². The van der Waals surface area contributed by atoms with Crippen molar-refractivity contribution in [3.05, 3.63) is 18.0 Å². The standard InChI is InChI=1S/C15H28N4O2/c1-11(2)19-8-12(7-18-19)15(6,9-16)10-17-13(20)21-14(3,4)5/h7-8,11H,9-10,16H2,1-6H3,(H,17,20). The quantitative estimate of drug-likeness (QED) is 0.872. The van der Waals surface area contributed by atoms with Crippen LogP contribution >= 0.6 is 0 Å². The molecule has 0 radical (unpaired) electrons. The van der Waals surface area contributed by atoms with E-state index < -0.39 is 11.7 Å². The fraction of sp³-hybridized carbons (Fsp3) is 0.733. The van der Waals surface area contributed by atoms with Crippen molar-refractivity contribution in [2.75, 3.05) is 13.1 Å². The molecule has 0 saturated carbocycles. The lowest BCUT2D eigenvalue weighted by molar-refractivity contribution is 0.0516. The number of hydrogen-bond donors (Lipinski definition) is 2. The van der Waals surface area contributed by atoms with Gasteiger partial charge in [0.2, 0.25) is 0 Å². The van der Waals surface area contributed by atoms with E-state index >= 15 is 0 Å². The molecule has 0 saturated heterocycles. The normalized spacial score (nSPS) is 14.9. The molecule has 0 aliphatic heterocycles. The predicted molar refractivity (Wildman–Crippen MR) is 83.3 cm³/mol. The number of carbonyl (C=O) groups is 1. The Balaban J connectivity index is 2.73. The van der Waals surface area contributed by atoms with Crippen molar-refractivity contribution in [3.63, 3.8) is 0 Å². The maximum absolute atomic E-state index is 11.8. The minimum absolute atomic E-state index is 0.291. The second-order valence-corrected chi connectivity index (χ2v) is 6.92. The molecule has 6 nitrogen and oxygen atoms in total. The Hall–Kier alpha value is -1.56. The molecule has 120 valence electrons. The Morgan fingerprint density at radius 3 is 2.48 bits per heavy atom. The lowest BCUT2D eigenvalue weighted by Crippen LogP contribution is -2.45. The minimum atomic E-state index is -0.508. The fourth-order valence-corrected chi connectivity index (χ4v) is 1.81. The molecule has 1 aromatic rings. The summed E-state index contributed by atoms with van der Waals surface area (Å²) in [4.78, 5) is 11.8. The topological polar surface area (TPSA) is 82.2 Å². The Kier molecular flexibility index (Phi) is 5.39. The van der Waals surface area contributed by atoms with E-state index in [0.29, 0.717) is 19.1 Å². The van der Waals surface area contributed by atoms with Crippen LogP contribution in [0.1, 0.15) is 53.1 Å². The number of rotatable bonds is 5. The number of nitrogens with two attached hydrogens (primary N) is 1. The van der Waals surface area contributed by atoms with E-state index in [0.717, 1.165) is 5.56 Å². The number of ether oxygens (including phenoxy) is 1. The lowest BCUT2D eigenvalue weighted by Gasteiger charge is -2.28. The summed E-state index contributed by atoms with van der Waals surface area (Å²) >= 11 is 0. The summed E-state index contributed by atoms with van der Waals surface area (Å²) in [6.07, 6.45) is 3.36. The average Bonchev–Trinajstić information content (AvgIpc) is 2.84. The molecule has 0 aromatic carbocycles. The first-order valence-corrected chi connectivity index (χ1v) is 7.29. The molecule has 1 heterocycles. The van der Waals surface area contributed by atoms with E-state index in [1.807, 2.05) is 44.8 Å². The summed E-state index contributed by atoms with van der Waals surface area (Å²) in [7, 11) is 0. The van der Waals surface area contributed by atoms with Gasteiger partial charge in [0.15, 0.2) is 0 Å². The highest BCUT2D eigenvalue weighted by molar-refractivity contribution is 5.67. The smallest absolute Gasteiger partial charge is 0.407 e. The molecule has 1 atom stereocenters. The maximum atomic E-state index is 11.8. The maximum Gasteiger partial charge on any atom is 0.407 e. The number of amides is 1. The molecular formula is C15H28N4O2. The molecule has 1 aromatic heterocycles. The molecule has 1 rings (SSSR count). The van der Waals surface area contributed by atoms with Gasteiger partial charge < -0.3 is 15.8 Å². The molecule has 0 spiro atoms. The summed E-state index contributed by atoms with van der Waals surface area (Å²) in [6, 6.07) is 0.291. The third-order valence-electron chi connectivity index (χ3n) is 3.30. The molecule has 1 amide bonds. The third kappa shape index (κ3) is 5.04. The average molecular weight is 296 g/mol. The molecular weight excluding hydrogens is 268 g/mol. The Bertz CT molecular complexity index is 476. The van der Waals surface area contributed by atoms with Crippen molar-refractivity contribution < 1.29 is 9.53 Å². The van der Waals surface area contributed by atoms with Gasteiger partial charge in [0, 0.05) is 30.7 Å². The molecule has 21 heavy (non-hydrogen) atoms. The zero-order chi connectivity index (χ0) is 16.3. The molecule has 1 unspecified atom stereocenters. The number of alkyl carbamates (subject to hydrolysis) is 1. The van der Waals surface area contributed by atoms with Crippen molar-refractivity contribution in [1.29, 1.82) is 0 Å². The van der Waals surface area contributed by atoms with Gasteiger partial charge in [0.25, 0.3) is 0 Å². The zero-order valence-electron chi connectivity index (χ0n) is 13.9. The highest BCUT2D eigenvalue weighted by Gasteiger charge is 2.28. The summed E-state index contributed by atoms with van der Waals surface area (Å²) in [5, 5.41) is 7.12. The number of nitrogens with zero attached hydrogens (tertiary/aromatic N) is 2. The van der Waals surface area contributed by atoms with Gasteiger partial charge in [-0.25, -0.2) is 4.79 Å². The number of nitrogens with one attached hydrogen (secondary N) is 1. The molecule has 0 aliphatic rings. The van der Waals surface area contributed by atoms with Crippen molar-refractivity contribution in [2.45, 2.75) is 58.6 Å². The summed E-state index contributed by atoms with van der Waals surface area (Å²) in [5.41, 5.74) is 6.04. The highest BCUT2D eigenvalue weighted by atomic mass is 16.6. The van der Waals surface area contributed by atoms with Gasteiger partial charge in [0.05, 0.1) is 6.20 Å². The second kappa shape index (κ2) is 6.47. The van der Waals surface area contributed by atoms with E-state index in [9.17, 15) is 4.79 Å². The van der Waals surface area contributed by atoms with Crippen LogP contribution in [0.5, 0.6) is 0 Å². The first kappa shape index (κ1) is 17.5. The van der Waals surface area contributed by atoms with Crippen LogP contribution in [0.4, 0.5) is 4.79 Å². The fourth-order valence-electron chi connectivity index (χ4n) is 1.81. The van der Waals surface area contributed by atoms with E-state index in [1.165, 1.54) is 0 Å². The lowest BCUT2D eigenvalue weighted by atomic mass is 9.84. The predicted octanol–water partition coefficient (Wildman–Crippen LogP) is 2.21. The van der Waals surface area contributed by atoms with Crippen molar-refractivity contribution >= 4 is 6.09 Å². The van der Waals surface area contributed by atoms with Crippen LogP contribution in [0.3, 0.4) is 0 Å². The molecule has 0 bridgehead atoms. The summed E-state index contributed by atoms with van der Waals surface area (Å²) < 4.78 is 7.13. The van der Waals surface area contributed by atoms with Gasteiger partial charge in [-0.1, -0.05) is 6.92 Å². The first-order chi connectivity index (χ1) is 9.57. The molecule has 3 N–H and O–H groups in total. The van der Waals surface area contributed by atoms with Crippen LogP contribution in [0.25, 0.3) is 0 Å². The summed E-state index contributed by atoms with van der Waals surface area (Å²) in [5.74, 6) is 0. The summed E-state index contributed by atoms with van der Waals surface area (Å²) in [6.45, 7) is 12.5. The monoisotopic (exact) mass is 296 g/mol. The molecule has 0 fully saturated rings. The zero-order valence-corrected chi connectivity index (χ0v) is 13.9. The van der Waals surface area contributed by atoms with Crippen molar-refractivity contribution in [3.8, 4) is 0 Å². The van der Waals surface area contributed by atoms with Gasteiger partial charge in [-0.3, -0.25) is 4.68 Å².